The average molecular weight is 374 g/mol. The number of rotatable bonds is 4. The standard InChI is InChI=1S/C19H24ClN5O/c1-24(2)12-17(26)25-9-3-4-14(11-25)18-16(10-22-19(21)23-18)13-5-7-15(20)8-6-13/h5-8,10,14H,3-4,9,11-12H2,1-2H3,(H2,21,22,23). The quantitative estimate of drug-likeness (QED) is 0.891. The van der Waals surface area contributed by atoms with E-state index in [0.717, 1.165) is 36.2 Å². The molecule has 2 heterocycles. The van der Waals surface area contributed by atoms with Crippen LogP contribution in [0, 0.1) is 0 Å². The smallest absolute Gasteiger partial charge is 0.236 e. The Kier molecular flexibility index (Phi) is 5.74. The minimum Gasteiger partial charge on any atom is -0.368 e. The van der Waals surface area contributed by atoms with E-state index in [9.17, 15) is 4.79 Å². The Morgan fingerprint density at radius 1 is 1.35 bits per heavy atom. The first-order chi connectivity index (χ1) is 12.4. The van der Waals surface area contributed by atoms with Gasteiger partial charge in [-0.15, -0.1) is 0 Å². The van der Waals surface area contributed by atoms with Gasteiger partial charge < -0.3 is 15.5 Å². The first-order valence-electron chi connectivity index (χ1n) is 8.75. The molecule has 0 aliphatic carbocycles. The zero-order valence-electron chi connectivity index (χ0n) is 15.2. The van der Waals surface area contributed by atoms with E-state index < -0.39 is 0 Å². The van der Waals surface area contributed by atoms with Crippen LogP contribution in [-0.4, -0.2) is 59.4 Å². The number of piperidine rings is 1. The summed E-state index contributed by atoms with van der Waals surface area (Å²) in [5.41, 5.74) is 8.72. The van der Waals surface area contributed by atoms with Crippen LogP contribution in [0.2, 0.25) is 5.02 Å². The van der Waals surface area contributed by atoms with Crippen molar-refractivity contribution in [2.45, 2.75) is 18.8 Å². The summed E-state index contributed by atoms with van der Waals surface area (Å²) in [5.74, 6) is 0.551. The Hall–Kier alpha value is -2.18. The molecule has 1 amide bonds. The van der Waals surface area contributed by atoms with Gasteiger partial charge in [-0.05, 0) is 44.6 Å². The molecule has 138 valence electrons. The SMILES string of the molecule is CN(C)CC(=O)N1CCCC(c2nc(N)ncc2-c2ccc(Cl)cc2)C1. The third-order valence-corrected chi connectivity index (χ3v) is 4.86. The normalized spacial score (nSPS) is 17.5. The Balaban J connectivity index is 1.89. The van der Waals surface area contributed by atoms with Gasteiger partial charge in [0.05, 0.1) is 12.2 Å². The van der Waals surface area contributed by atoms with E-state index in [1.165, 1.54) is 0 Å². The lowest BCUT2D eigenvalue weighted by molar-refractivity contribution is -0.133. The van der Waals surface area contributed by atoms with Crippen LogP contribution < -0.4 is 5.73 Å². The fourth-order valence-corrected chi connectivity index (χ4v) is 3.50. The Labute approximate surface area is 159 Å². The van der Waals surface area contributed by atoms with Gasteiger partial charge in [-0.25, -0.2) is 9.97 Å². The van der Waals surface area contributed by atoms with Gasteiger partial charge in [-0.1, -0.05) is 23.7 Å². The van der Waals surface area contributed by atoms with Crippen molar-refractivity contribution < 1.29 is 4.79 Å². The lowest BCUT2D eigenvalue weighted by atomic mass is 9.90. The van der Waals surface area contributed by atoms with Gasteiger partial charge >= 0.3 is 0 Å². The summed E-state index contributed by atoms with van der Waals surface area (Å²) in [5, 5.41) is 0.685. The van der Waals surface area contributed by atoms with Crippen molar-refractivity contribution >= 4 is 23.5 Å². The summed E-state index contributed by atoms with van der Waals surface area (Å²) in [6.07, 6.45) is 3.69. The number of anilines is 1. The van der Waals surface area contributed by atoms with Gasteiger partial charge in [0.15, 0.2) is 0 Å². The van der Waals surface area contributed by atoms with E-state index in [1.54, 1.807) is 6.20 Å². The Bertz CT molecular complexity index is 778. The maximum absolute atomic E-state index is 12.5. The number of benzene rings is 1. The highest BCUT2D eigenvalue weighted by atomic mass is 35.5. The molecule has 2 N–H and O–H groups in total. The van der Waals surface area contributed by atoms with Gasteiger partial charge in [0.1, 0.15) is 0 Å². The number of aromatic nitrogens is 2. The van der Waals surface area contributed by atoms with Crippen LogP contribution >= 0.6 is 11.6 Å². The second-order valence-electron chi connectivity index (χ2n) is 6.95. The molecule has 6 nitrogen and oxygen atoms in total. The molecule has 0 radical (unpaired) electrons. The van der Waals surface area contributed by atoms with Crippen molar-refractivity contribution in [2.24, 2.45) is 0 Å². The maximum atomic E-state index is 12.5. The van der Waals surface area contributed by atoms with Crippen LogP contribution in [0.1, 0.15) is 24.5 Å². The molecule has 26 heavy (non-hydrogen) atoms. The molecular formula is C19H24ClN5O. The zero-order valence-corrected chi connectivity index (χ0v) is 15.9. The van der Waals surface area contributed by atoms with Crippen LogP contribution in [0.15, 0.2) is 30.5 Å². The highest BCUT2D eigenvalue weighted by Gasteiger charge is 2.28. The van der Waals surface area contributed by atoms with E-state index in [4.69, 9.17) is 17.3 Å². The Morgan fingerprint density at radius 3 is 2.77 bits per heavy atom. The maximum Gasteiger partial charge on any atom is 0.236 e. The summed E-state index contributed by atoms with van der Waals surface area (Å²) in [6.45, 7) is 1.87. The first kappa shape index (κ1) is 18.6. The first-order valence-corrected chi connectivity index (χ1v) is 9.12. The van der Waals surface area contributed by atoms with Crippen molar-refractivity contribution in [1.82, 2.24) is 19.8 Å². The number of nitrogen functional groups attached to an aromatic ring is 1. The summed E-state index contributed by atoms with van der Waals surface area (Å²) < 4.78 is 0. The van der Waals surface area contributed by atoms with E-state index in [2.05, 4.69) is 9.97 Å². The molecule has 1 fully saturated rings. The van der Waals surface area contributed by atoms with Gasteiger partial charge in [0.2, 0.25) is 11.9 Å². The molecule has 1 aromatic heterocycles. The number of hydrogen-bond acceptors (Lipinski definition) is 5. The monoisotopic (exact) mass is 373 g/mol. The fraction of sp³-hybridized carbons (Fsp3) is 0.421. The minimum absolute atomic E-state index is 0.144. The van der Waals surface area contributed by atoms with E-state index in [1.807, 2.05) is 48.2 Å². The lowest BCUT2D eigenvalue weighted by Gasteiger charge is -2.34. The predicted octanol–water partition coefficient (Wildman–Crippen LogP) is 2.65. The van der Waals surface area contributed by atoms with Crippen molar-refractivity contribution in [2.75, 3.05) is 39.5 Å². The zero-order chi connectivity index (χ0) is 18.7. The summed E-state index contributed by atoms with van der Waals surface area (Å²) in [7, 11) is 3.81. The van der Waals surface area contributed by atoms with E-state index in [0.29, 0.717) is 18.1 Å². The van der Waals surface area contributed by atoms with Gasteiger partial charge in [-0.2, -0.15) is 0 Å². The molecule has 0 bridgehead atoms. The van der Waals surface area contributed by atoms with Crippen LogP contribution in [0.25, 0.3) is 11.1 Å². The number of nitrogens with two attached hydrogens (primary N) is 1. The highest BCUT2D eigenvalue weighted by Crippen LogP contribution is 2.33. The Morgan fingerprint density at radius 2 is 2.08 bits per heavy atom. The van der Waals surface area contributed by atoms with E-state index >= 15 is 0 Å². The topological polar surface area (TPSA) is 75.4 Å². The molecule has 1 aliphatic heterocycles. The third-order valence-electron chi connectivity index (χ3n) is 4.60. The van der Waals surface area contributed by atoms with Crippen molar-refractivity contribution in [3.05, 3.63) is 41.2 Å². The van der Waals surface area contributed by atoms with Gasteiger partial charge in [-0.3, -0.25) is 4.79 Å². The van der Waals surface area contributed by atoms with Crippen molar-refractivity contribution in [3.63, 3.8) is 0 Å². The number of halogens is 1. The molecular weight excluding hydrogens is 350 g/mol. The van der Waals surface area contributed by atoms with Crippen LogP contribution in [0.4, 0.5) is 5.95 Å². The number of carbonyl (C=O) groups excluding carboxylic acids is 1. The second-order valence-corrected chi connectivity index (χ2v) is 7.39. The van der Waals surface area contributed by atoms with E-state index in [-0.39, 0.29) is 17.8 Å². The largest absolute Gasteiger partial charge is 0.368 e. The van der Waals surface area contributed by atoms with Crippen LogP contribution in [0.3, 0.4) is 0 Å². The van der Waals surface area contributed by atoms with Gasteiger partial charge in [0, 0.05) is 35.8 Å². The number of nitrogens with zero attached hydrogens (tertiary/aromatic N) is 4. The minimum atomic E-state index is 0.144. The molecule has 3 rings (SSSR count). The number of hydrogen-bond donors (Lipinski definition) is 1. The fourth-order valence-electron chi connectivity index (χ4n) is 3.37. The molecule has 0 spiro atoms. The molecule has 7 heteroatoms. The molecule has 1 atom stereocenters. The molecule has 1 aromatic carbocycles. The summed E-state index contributed by atoms with van der Waals surface area (Å²) in [6, 6.07) is 7.62. The number of amides is 1. The third kappa shape index (κ3) is 4.31. The van der Waals surface area contributed by atoms with Crippen molar-refractivity contribution in [1.29, 1.82) is 0 Å². The van der Waals surface area contributed by atoms with Crippen LogP contribution in [0.5, 0.6) is 0 Å². The molecule has 0 saturated carbocycles. The number of likely N-dealkylation sites (tertiary alicyclic amines) is 1. The second kappa shape index (κ2) is 8.01. The molecule has 1 saturated heterocycles. The summed E-state index contributed by atoms with van der Waals surface area (Å²) >= 11 is 6.01. The predicted molar refractivity (Wildman–Crippen MR) is 104 cm³/mol. The molecule has 2 aromatic rings. The molecule has 1 aliphatic rings. The molecule has 1 unspecified atom stereocenters. The van der Waals surface area contributed by atoms with Gasteiger partial charge in [0.25, 0.3) is 0 Å². The highest BCUT2D eigenvalue weighted by molar-refractivity contribution is 6.30. The lowest BCUT2D eigenvalue weighted by Crippen LogP contribution is -2.43. The van der Waals surface area contributed by atoms with Crippen LogP contribution in [-0.2, 0) is 4.79 Å². The number of likely N-dealkylation sites (N-methyl/N-ethyl adjacent to an activating group) is 1. The van der Waals surface area contributed by atoms with Crippen molar-refractivity contribution in [3.8, 4) is 11.1 Å². The summed E-state index contributed by atoms with van der Waals surface area (Å²) in [4.78, 5) is 25.0. The average Bonchev–Trinajstić information content (AvgIpc) is 2.62. The number of carbonyl (C=O) groups is 1.